The van der Waals surface area contributed by atoms with Gasteiger partial charge in [-0.15, -0.1) is 0 Å². The smallest absolute Gasteiger partial charge is 0.388 e. The molecule has 0 aliphatic carbocycles. The summed E-state index contributed by atoms with van der Waals surface area (Å²) >= 11 is 0. The van der Waals surface area contributed by atoms with Crippen LogP contribution in [-0.2, 0) is 12.4 Å². The number of halogens is 6. The molecule has 0 bridgehead atoms. The summed E-state index contributed by atoms with van der Waals surface area (Å²) in [6, 6.07) is 3.74. The number of aromatic nitrogens is 1. The molecule has 1 aromatic carbocycles. The summed E-state index contributed by atoms with van der Waals surface area (Å²) in [6.07, 6.45) is -7.17. The zero-order valence-electron chi connectivity index (χ0n) is 17.7. The minimum Gasteiger partial charge on any atom is -0.388 e. The molecular formula is C22H28F6N2O. The summed E-state index contributed by atoms with van der Waals surface area (Å²) in [6.45, 7) is 6.13. The maximum absolute atomic E-state index is 13.4. The van der Waals surface area contributed by atoms with E-state index in [-0.39, 0.29) is 17.4 Å². The highest BCUT2D eigenvalue weighted by atomic mass is 19.4. The van der Waals surface area contributed by atoms with Gasteiger partial charge in [-0.05, 0) is 50.0 Å². The van der Waals surface area contributed by atoms with Crippen LogP contribution in [0.1, 0.15) is 68.9 Å². The van der Waals surface area contributed by atoms with Crippen LogP contribution in [0, 0.1) is 0 Å². The summed E-state index contributed by atoms with van der Waals surface area (Å²) in [5, 5.41) is 10.6. The minimum atomic E-state index is -4.93. The van der Waals surface area contributed by atoms with Gasteiger partial charge in [0.25, 0.3) is 0 Å². The monoisotopic (exact) mass is 450 g/mol. The van der Waals surface area contributed by atoms with Crippen LogP contribution >= 0.6 is 0 Å². The van der Waals surface area contributed by atoms with Crippen molar-refractivity contribution in [2.45, 2.75) is 64.4 Å². The second-order valence-corrected chi connectivity index (χ2v) is 7.65. The molecule has 0 fully saturated rings. The van der Waals surface area contributed by atoms with Crippen LogP contribution < -0.4 is 0 Å². The van der Waals surface area contributed by atoms with Crippen molar-refractivity contribution in [2.24, 2.45) is 0 Å². The highest BCUT2D eigenvalue weighted by Crippen LogP contribution is 2.39. The van der Waals surface area contributed by atoms with Gasteiger partial charge < -0.3 is 10.0 Å². The number of aliphatic hydroxyl groups is 1. The molecule has 9 heteroatoms. The van der Waals surface area contributed by atoms with Gasteiger partial charge in [0, 0.05) is 11.9 Å². The number of rotatable bonds is 10. The van der Waals surface area contributed by atoms with Crippen LogP contribution in [0.2, 0.25) is 0 Å². The third-order valence-corrected chi connectivity index (χ3v) is 5.20. The topological polar surface area (TPSA) is 36.4 Å². The number of aliphatic hydroxyl groups excluding tert-OH is 1. The van der Waals surface area contributed by atoms with E-state index in [1.807, 2.05) is 13.8 Å². The highest BCUT2D eigenvalue weighted by molar-refractivity contribution is 5.86. The fourth-order valence-electron chi connectivity index (χ4n) is 3.48. The number of hydrogen-bond donors (Lipinski definition) is 1. The first-order chi connectivity index (χ1) is 14.5. The van der Waals surface area contributed by atoms with E-state index < -0.39 is 35.2 Å². The molecule has 0 amide bonds. The molecule has 1 atom stereocenters. The van der Waals surface area contributed by atoms with Crippen molar-refractivity contribution in [1.29, 1.82) is 0 Å². The zero-order chi connectivity index (χ0) is 23.2. The van der Waals surface area contributed by atoms with Crippen molar-refractivity contribution in [3.8, 4) is 0 Å². The summed E-state index contributed by atoms with van der Waals surface area (Å²) in [7, 11) is 0. The SMILES string of the molecule is CCCCN(CCCC)CC[C@H](O)c1cc(C(F)(F)F)nc2c(C(F)(F)F)cccc12. The Kier molecular flexibility index (Phi) is 8.71. The zero-order valence-corrected chi connectivity index (χ0v) is 17.7. The van der Waals surface area contributed by atoms with E-state index >= 15 is 0 Å². The van der Waals surface area contributed by atoms with E-state index in [0.717, 1.165) is 44.8 Å². The average molecular weight is 450 g/mol. The number of para-hydroxylation sites is 1. The van der Waals surface area contributed by atoms with Crippen molar-refractivity contribution in [3.63, 3.8) is 0 Å². The molecule has 0 spiro atoms. The van der Waals surface area contributed by atoms with Crippen molar-refractivity contribution >= 4 is 10.9 Å². The first kappa shape index (κ1) is 25.4. The lowest BCUT2D eigenvalue weighted by Gasteiger charge is -2.24. The fourth-order valence-corrected chi connectivity index (χ4v) is 3.48. The molecule has 0 aliphatic rings. The molecule has 0 saturated heterocycles. The average Bonchev–Trinajstić information content (AvgIpc) is 2.70. The van der Waals surface area contributed by atoms with Crippen LogP contribution in [0.15, 0.2) is 24.3 Å². The summed E-state index contributed by atoms with van der Waals surface area (Å²) < 4.78 is 80.2. The molecular weight excluding hydrogens is 422 g/mol. The summed E-state index contributed by atoms with van der Waals surface area (Å²) in [5.41, 5.74) is -3.68. The van der Waals surface area contributed by atoms with Crippen LogP contribution in [0.5, 0.6) is 0 Å². The Morgan fingerprint density at radius 2 is 1.55 bits per heavy atom. The quantitative estimate of drug-likeness (QED) is 0.415. The first-order valence-electron chi connectivity index (χ1n) is 10.5. The molecule has 174 valence electrons. The van der Waals surface area contributed by atoms with Crippen molar-refractivity contribution < 1.29 is 31.4 Å². The summed E-state index contributed by atoms with van der Waals surface area (Å²) in [5.74, 6) is 0. The van der Waals surface area contributed by atoms with Crippen LogP contribution in [-0.4, -0.2) is 34.6 Å². The Balaban J connectivity index is 2.42. The van der Waals surface area contributed by atoms with Gasteiger partial charge in [-0.1, -0.05) is 38.8 Å². The van der Waals surface area contributed by atoms with E-state index in [4.69, 9.17) is 0 Å². The molecule has 1 N–H and O–H groups in total. The van der Waals surface area contributed by atoms with Crippen molar-refractivity contribution in [3.05, 3.63) is 41.1 Å². The van der Waals surface area contributed by atoms with E-state index in [9.17, 15) is 31.4 Å². The van der Waals surface area contributed by atoms with Crippen molar-refractivity contribution in [1.82, 2.24) is 9.88 Å². The lowest BCUT2D eigenvalue weighted by molar-refractivity contribution is -0.142. The number of nitrogens with zero attached hydrogens (tertiary/aromatic N) is 2. The van der Waals surface area contributed by atoms with E-state index in [2.05, 4.69) is 9.88 Å². The van der Waals surface area contributed by atoms with Gasteiger partial charge in [0.2, 0.25) is 0 Å². The normalized spacial score (nSPS) is 13.9. The standard InChI is InChI=1S/C22H28F6N2O/c1-3-5-11-30(12-6-4-2)13-10-18(31)16-14-19(22(26,27)28)29-20-15(16)8-7-9-17(20)21(23,24)25/h7-9,14,18,31H,3-6,10-13H2,1-2H3/t18-/m0/s1. The van der Waals surface area contributed by atoms with Crippen molar-refractivity contribution in [2.75, 3.05) is 19.6 Å². The molecule has 1 heterocycles. The lowest BCUT2D eigenvalue weighted by atomic mass is 9.97. The van der Waals surface area contributed by atoms with E-state index in [1.54, 1.807) is 0 Å². The molecule has 0 unspecified atom stereocenters. The summed E-state index contributed by atoms with van der Waals surface area (Å²) in [4.78, 5) is 5.40. The Bertz CT molecular complexity index is 842. The second-order valence-electron chi connectivity index (χ2n) is 7.65. The Labute approximate surface area is 178 Å². The van der Waals surface area contributed by atoms with E-state index in [0.29, 0.717) is 18.7 Å². The molecule has 2 aromatic rings. The number of unbranched alkanes of at least 4 members (excludes halogenated alkanes) is 2. The predicted octanol–water partition coefficient (Wildman–Crippen LogP) is 6.60. The maximum Gasteiger partial charge on any atom is 0.433 e. The van der Waals surface area contributed by atoms with Crippen LogP contribution in [0.3, 0.4) is 0 Å². The molecule has 1 aromatic heterocycles. The van der Waals surface area contributed by atoms with E-state index in [1.165, 1.54) is 6.07 Å². The van der Waals surface area contributed by atoms with Gasteiger partial charge in [-0.25, -0.2) is 4.98 Å². The largest absolute Gasteiger partial charge is 0.433 e. The number of benzene rings is 1. The van der Waals surface area contributed by atoms with Crippen LogP contribution in [0.4, 0.5) is 26.3 Å². The predicted molar refractivity (Wildman–Crippen MR) is 108 cm³/mol. The van der Waals surface area contributed by atoms with Gasteiger partial charge in [0.1, 0.15) is 5.69 Å². The molecule has 0 aliphatic heterocycles. The maximum atomic E-state index is 13.4. The Morgan fingerprint density at radius 1 is 0.935 bits per heavy atom. The van der Waals surface area contributed by atoms with Gasteiger partial charge >= 0.3 is 12.4 Å². The highest BCUT2D eigenvalue weighted by Gasteiger charge is 2.38. The molecule has 0 radical (unpaired) electrons. The molecule has 31 heavy (non-hydrogen) atoms. The second kappa shape index (κ2) is 10.6. The minimum absolute atomic E-state index is 0.111. The Hall–Kier alpha value is -1.87. The number of hydrogen-bond acceptors (Lipinski definition) is 3. The third-order valence-electron chi connectivity index (χ3n) is 5.20. The number of pyridine rings is 1. The molecule has 0 saturated carbocycles. The number of alkyl halides is 6. The van der Waals surface area contributed by atoms with Crippen LogP contribution in [0.25, 0.3) is 10.9 Å². The Morgan fingerprint density at radius 3 is 2.06 bits per heavy atom. The first-order valence-corrected chi connectivity index (χ1v) is 10.5. The fraction of sp³-hybridized carbons (Fsp3) is 0.591. The van der Waals surface area contributed by atoms with Gasteiger partial charge in [-0.2, -0.15) is 26.3 Å². The van der Waals surface area contributed by atoms with Gasteiger partial charge in [-0.3, -0.25) is 0 Å². The lowest BCUT2D eigenvalue weighted by Crippen LogP contribution is -2.28. The van der Waals surface area contributed by atoms with Gasteiger partial charge in [0.15, 0.2) is 0 Å². The van der Waals surface area contributed by atoms with Gasteiger partial charge in [0.05, 0.1) is 17.2 Å². The molecule has 3 nitrogen and oxygen atoms in total. The molecule has 2 rings (SSSR count). The number of fused-ring (bicyclic) bond motifs is 1. The third kappa shape index (κ3) is 6.80.